The van der Waals surface area contributed by atoms with E-state index in [0.29, 0.717) is 30.9 Å². The summed E-state index contributed by atoms with van der Waals surface area (Å²) in [5.74, 6) is -0.495. The van der Waals surface area contributed by atoms with Crippen LogP contribution in [0.3, 0.4) is 0 Å². The molecule has 2 aliphatic heterocycles. The minimum atomic E-state index is -3.71. The Morgan fingerprint density at radius 2 is 1.76 bits per heavy atom. The highest BCUT2D eigenvalue weighted by Crippen LogP contribution is 2.41. The number of benzene rings is 2. The molecule has 0 aromatic heterocycles. The van der Waals surface area contributed by atoms with Gasteiger partial charge in [0.25, 0.3) is 0 Å². The number of carbonyl (C=O) groups is 2. The topological polar surface area (TPSA) is 90.0 Å². The molecule has 1 atom stereocenters. The maximum absolute atomic E-state index is 13.4. The van der Waals surface area contributed by atoms with Crippen LogP contribution in [0, 0.1) is 0 Å². The third-order valence-corrected chi connectivity index (χ3v) is 8.69. The second-order valence-electron chi connectivity index (χ2n) is 8.61. The van der Waals surface area contributed by atoms with Crippen molar-refractivity contribution in [2.24, 2.45) is 0 Å². The van der Waals surface area contributed by atoms with Crippen molar-refractivity contribution < 1.29 is 18.0 Å². The largest absolute Gasteiger partial charge is 0.358 e. The Morgan fingerprint density at radius 3 is 2.41 bits per heavy atom. The van der Waals surface area contributed by atoms with E-state index in [2.05, 4.69) is 12.2 Å². The van der Waals surface area contributed by atoms with Gasteiger partial charge in [-0.05, 0) is 55.2 Å². The molecule has 0 aliphatic carbocycles. The van der Waals surface area contributed by atoms with Crippen LogP contribution >= 0.6 is 0 Å². The van der Waals surface area contributed by atoms with Crippen molar-refractivity contribution in [1.29, 1.82) is 0 Å². The first-order valence-electron chi connectivity index (χ1n) is 11.9. The van der Waals surface area contributed by atoms with Crippen LogP contribution in [0.1, 0.15) is 39.2 Å². The number of aryl methyl sites for hydroxylation is 1. The molecule has 0 bridgehead atoms. The van der Waals surface area contributed by atoms with Crippen LogP contribution < -0.4 is 15.1 Å². The van der Waals surface area contributed by atoms with Gasteiger partial charge in [-0.25, -0.2) is 8.42 Å². The van der Waals surface area contributed by atoms with Crippen molar-refractivity contribution in [3.05, 3.63) is 48.0 Å². The van der Waals surface area contributed by atoms with Gasteiger partial charge in [0.2, 0.25) is 21.8 Å². The molecule has 182 valence electrons. The Labute approximate surface area is 201 Å². The van der Waals surface area contributed by atoms with Gasteiger partial charge >= 0.3 is 0 Å². The van der Waals surface area contributed by atoms with Crippen LogP contribution in [0.4, 0.5) is 17.1 Å². The summed E-state index contributed by atoms with van der Waals surface area (Å²) in [4.78, 5) is 29.9. The summed E-state index contributed by atoms with van der Waals surface area (Å²) in [6.07, 6.45) is 2.50. The first-order chi connectivity index (χ1) is 16.3. The third-order valence-electron chi connectivity index (χ3n) is 6.64. The highest BCUT2D eigenvalue weighted by atomic mass is 32.2. The van der Waals surface area contributed by atoms with Gasteiger partial charge in [0.1, 0.15) is 12.6 Å². The lowest BCUT2D eigenvalue weighted by molar-refractivity contribution is -0.122. The zero-order valence-electron chi connectivity index (χ0n) is 20.0. The Morgan fingerprint density at radius 1 is 1.06 bits per heavy atom. The Bertz CT molecular complexity index is 1180. The molecule has 1 saturated heterocycles. The number of sulfonamides is 1. The molecule has 8 nitrogen and oxygen atoms in total. The molecule has 2 aromatic rings. The molecule has 2 aromatic carbocycles. The summed E-state index contributed by atoms with van der Waals surface area (Å²) in [7, 11) is -3.71. The van der Waals surface area contributed by atoms with E-state index in [1.807, 2.05) is 29.2 Å². The molecule has 1 unspecified atom stereocenters. The van der Waals surface area contributed by atoms with Gasteiger partial charge in [0.05, 0.1) is 16.3 Å². The van der Waals surface area contributed by atoms with Crippen LogP contribution in [-0.2, 0) is 26.0 Å². The number of amides is 2. The van der Waals surface area contributed by atoms with Gasteiger partial charge in [-0.1, -0.05) is 32.9 Å². The normalized spacial score (nSPS) is 17.6. The van der Waals surface area contributed by atoms with Gasteiger partial charge in [-0.15, -0.1) is 0 Å². The number of hydrogen-bond acceptors (Lipinski definition) is 5. The van der Waals surface area contributed by atoms with Crippen molar-refractivity contribution in [2.45, 2.75) is 51.0 Å². The summed E-state index contributed by atoms with van der Waals surface area (Å²) >= 11 is 0. The summed E-state index contributed by atoms with van der Waals surface area (Å²) in [6.45, 7) is 6.91. The molecule has 34 heavy (non-hydrogen) atoms. The number of fused-ring (bicyclic) bond motifs is 3. The predicted molar refractivity (Wildman–Crippen MR) is 134 cm³/mol. The molecule has 0 saturated carbocycles. The van der Waals surface area contributed by atoms with Crippen LogP contribution in [0.2, 0.25) is 0 Å². The van der Waals surface area contributed by atoms with E-state index in [1.54, 1.807) is 32.0 Å². The molecular formula is C25H32N4O4S. The van der Waals surface area contributed by atoms with E-state index in [-0.39, 0.29) is 29.3 Å². The monoisotopic (exact) mass is 484 g/mol. The lowest BCUT2D eigenvalue weighted by atomic mass is 10.1. The Kier molecular flexibility index (Phi) is 6.95. The summed E-state index contributed by atoms with van der Waals surface area (Å²) in [5.41, 5.74) is 3.09. The van der Waals surface area contributed by atoms with E-state index >= 15 is 0 Å². The van der Waals surface area contributed by atoms with Gasteiger partial charge < -0.3 is 10.2 Å². The molecule has 2 heterocycles. The number of nitrogens with zero attached hydrogens (tertiary/aromatic N) is 3. The van der Waals surface area contributed by atoms with E-state index < -0.39 is 10.0 Å². The Balaban J connectivity index is 1.66. The highest BCUT2D eigenvalue weighted by Gasteiger charge is 2.42. The lowest BCUT2D eigenvalue weighted by Crippen LogP contribution is -2.52. The van der Waals surface area contributed by atoms with Crippen molar-refractivity contribution in [3.63, 3.8) is 0 Å². The quantitative estimate of drug-likeness (QED) is 0.621. The highest BCUT2D eigenvalue weighted by molar-refractivity contribution is 7.89. The molecule has 1 fully saturated rings. The maximum atomic E-state index is 13.4. The molecule has 1 N–H and O–H groups in total. The lowest BCUT2D eigenvalue weighted by Gasteiger charge is -2.39. The minimum Gasteiger partial charge on any atom is -0.358 e. The SMILES string of the molecule is CCc1ccc(NC(=O)CN2C(=O)C3CCCN3c3ccc(S(=O)(=O)N(CC)CC)cc32)cc1. The van der Waals surface area contributed by atoms with E-state index in [1.165, 1.54) is 14.8 Å². The van der Waals surface area contributed by atoms with Crippen molar-refractivity contribution in [3.8, 4) is 0 Å². The average Bonchev–Trinajstić information content (AvgIpc) is 3.33. The predicted octanol–water partition coefficient (Wildman–Crippen LogP) is 3.23. The minimum absolute atomic E-state index is 0.126. The van der Waals surface area contributed by atoms with Crippen molar-refractivity contribution in [1.82, 2.24) is 4.31 Å². The van der Waals surface area contributed by atoms with E-state index in [9.17, 15) is 18.0 Å². The number of nitrogens with one attached hydrogen (secondary N) is 1. The smallest absolute Gasteiger partial charge is 0.250 e. The molecule has 9 heteroatoms. The van der Waals surface area contributed by atoms with Crippen LogP contribution in [-0.4, -0.2) is 56.8 Å². The molecule has 0 radical (unpaired) electrons. The molecule has 0 spiro atoms. The Hall–Kier alpha value is -2.91. The van der Waals surface area contributed by atoms with Crippen molar-refractivity contribution in [2.75, 3.05) is 41.3 Å². The third kappa shape index (κ3) is 4.42. The number of anilines is 3. The number of hydrogen-bond donors (Lipinski definition) is 1. The van der Waals surface area contributed by atoms with Gasteiger partial charge in [-0.2, -0.15) is 4.31 Å². The summed E-state index contributed by atoms with van der Waals surface area (Å²) in [5, 5.41) is 2.86. The first kappa shape index (κ1) is 24.2. The summed E-state index contributed by atoms with van der Waals surface area (Å²) in [6, 6.07) is 12.2. The van der Waals surface area contributed by atoms with Crippen LogP contribution in [0.25, 0.3) is 0 Å². The van der Waals surface area contributed by atoms with Gasteiger partial charge in [0, 0.05) is 25.3 Å². The fraction of sp³-hybridized carbons (Fsp3) is 0.440. The zero-order chi connectivity index (χ0) is 24.5. The fourth-order valence-electron chi connectivity index (χ4n) is 4.78. The zero-order valence-corrected chi connectivity index (χ0v) is 20.8. The molecular weight excluding hydrogens is 452 g/mol. The number of carbonyl (C=O) groups excluding carboxylic acids is 2. The number of rotatable bonds is 8. The standard InChI is InChI=1S/C25H32N4O4S/c1-4-18-9-11-19(12-10-18)26-24(30)17-29-23-16-20(34(32,33)27(5-2)6-3)13-14-21(23)28-15-7-8-22(28)25(29)31/h9-14,16,22H,4-8,15,17H2,1-3H3,(H,26,30). The van der Waals surface area contributed by atoms with Crippen molar-refractivity contribution >= 4 is 38.9 Å². The van der Waals surface area contributed by atoms with Crippen LogP contribution in [0.15, 0.2) is 47.4 Å². The molecule has 2 amide bonds. The van der Waals surface area contributed by atoms with E-state index in [4.69, 9.17) is 0 Å². The first-order valence-corrected chi connectivity index (χ1v) is 13.3. The second-order valence-corrected chi connectivity index (χ2v) is 10.6. The van der Waals surface area contributed by atoms with Gasteiger partial charge in [0.15, 0.2) is 0 Å². The fourth-order valence-corrected chi connectivity index (χ4v) is 6.26. The maximum Gasteiger partial charge on any atom is 0.250 e. The van der Waals surface area contributed by atoms with E-state index in [0.717, 1.165) is 25.1 Å². The molecule has 4 rings (SSSR count). The average molecular weight is 485 g/mol. The molecule has 2 aliphatic rings. The van der Waals surface area contributed by atoms with Gasteiger partial charge in [-0.3, -0.25) is 14.5 Å². The summed E-state index contributed by atoms with van der Waals surface area (Å²) < 4.78 is 27.7. The van der Waals surface area contributed by atoms with Crippen LogP contribution in [0.5, 0.6) is 0 Å². The second kappa shape index (κ2) is 9.76.